The van der Waals surface area contributed by atoms with E-state index < -0.39 is 28.5 Å². The van der Waals surface area contributed by atoms with Crippen molar-refractivity contribution in [3.63, 3.8) is 0 Å². The molecule has 4 aromatic rings. The van der Waals surface area contributed by atoms with Gasteiger partial charge in [0.15, 0.2) is 11.5 Å². The molecule has 0 radical (unpaired) electrons. The number of sulfonamides is 1. The van der Waals surface area contributed by atoms with E-state index in [0.29, 0.717) is 11.5 Å². The summed E-state index contributed by atoms with van der Waals surface area (Å²) in [6, 6.07) is 27.2. The summed E-state index contributed by atoms with van der Waals surface area (Å²) in [6.07, 6.45) is 0.234. The molecule has 4 rings (SSSR count). The highest BCUT2D eigenvalue weighted by Crippen LogP contribution is 2.34. The van der Waals surface area contributed by atoms with Gasteiger partial charge in [0, 0.05) is 25.1 Å². The lowest BCUT2D eigenvalue weighted by molar-refractivity contribution is -0.140. The molecule has 9 nitrogen and oxygen atoms in total. The zero-order valence-electron chi connectivity index (χ0n) is 27.8. The summed E-state index contributed by atoms with van der Waals surface area (Å²) >= 11 is 0. The smallest absolute Gasteiger partial charge is 0.264 e. The van der Waals surface area contributed by atoms with Crippen LogP contribution in [0.15, 0.2) is 102 Å². The third-order valence-electron chi connectivity index (χ3n) is 7.72. The van der Waals surface area contributed by atoms with Gasteiger partial charge in [0.05, 0.1) is 24.8 Å². The maximum atomic E-state index is 14.6. The molecule has 1 N–H and O–H groups in total. The summed E-state index contributed by atoms with van der Waals surface area (Å²) in [7, 11) is -1.32. The third kappa shape index (κ3) is 8.92. The first-order valence-corrected chi connectivity index (χ1v) is 16.9. The monoisotopic (exact) mass is 657 g/mol. The number of amides is 2. The quantitative estimate of drug-likeness (QED) is 0.187. The number of benzene rings is 4. The molecule has 1 atom stereocenters. The Balaban J connectivity index is 1.84. The highest BCUT2D eigenvalue weighted by atomic mass is 32.2. The first-order valence-electron chi connectivity index (χ1n) is 15.4. The Labute approximate surface area is 278 Å². The molecule has 10 heteroatoms. The summed E-state index contributed by atoms with van der Waals surface area (Å²) in [5.74, 6) is -0.167. The highest BCUT2D eigenvalue weighted by Gasteiger charge is 2.35. The van der Waals surface area contributed by atoms with Gasteiger partial charge in [-0.25, -0.2) is 8.42 Å². The molecule has 0 unspecified atom stereocenters. The van der Waals surface area contributed by atoms with Crippen molar-refractivity contribution in [1.29, 1.82) is 0 Å². The van der Waals surface area contributed by atoms with Gasteiger partial charge in [-0.3, -0.25) is 13.9 Å². The molecular weight excluding hydrogens is 614 g/mol. The average molecular weight is 658 g/mol. The lowest BCUT2D eigenvalue weighted by atomic mass is 10.0. The summed E-state index contributed by atoms with van der Waals surface area (Å²) in [5.41, 5.74) is 3.81. The number of nitrogens with one attached hydrogen (secondary N) is 1. The van der Waals surface area contributed by atoms with Crippen molar-refractivity contribution in [3.05, 3.63) is 119 Å². The highest BCUT2D eigenvalue weighted by molar-refractivity contribution is 7.92. The third-order valence-corrected chi connectivity index (χ3v) is 9.51. The summed E-state index contributed by atoms with van der Waals surface area (Å²) in [5, 5.41) is 2.97. The maximum absolute atomic E-state index is 14.6. The van der Waals surface area contributed by atoms with Crippen LogP contribution in [-0.4, -0.2) is 58.0 Å². The topological polar surface area (TPSA) is 105 Å². The normalized spacial score (nSPS) is 11.9. The number of methoxy groups -OCH3 is 2. The largest absolute Gasteiger partial charge is 0.493 e. The number of nitrogens with zero attached hydrogens (tertiary/aromatic N) is 2. The van der Waals surface area contributed by atoms with Crippen molar-refractivity contribution in [2.45, 2.75) is 57.6 Å². The van der Waals surface area contributed by atoms with E-state index in [1.165, 1.54) is 37.3 Å². The van der Waals surface area contributed by atoms with Crippen LogP contribution in [0.3, 0.4) is 0 Å². The minimum Gasteiger partial charge on any atom is -0.493 e. The molecule has 248 valence electrons. The van der Waals surface area contributed by atoms with E-state index in [1.54, 1.807) is 24.3 Å². The standard InChI is InChI=1S/C37H43N3O6S/c1-26(2)38-37(42)33(22-29-10-8-7-9-11-29)39(24-30-16-12-27(3)13-17-30)36(41)25-40(31-18-21-34(45-5)35(23-31)46-6)47(43,44)32-19-14-28(4)15-20-32/h7-21,23,26,33H,22,24-25H2,1-6H3,(H,38,42)/t33-/m1/s1. The number of aryl methyl sites for hydroxylation is 2. The van der Waals surface area contributed by atoms with E-state index in [-0.39, 0.29) is 35.5 Å². The van der Waals surface area contributed by atoms with E-state index in [1.807, 2.05) is 82.3 Å². The predicted octanol–water partition coefficient (Wildman–Crippen LogP) is 5.68. The van der Waals surface area contributed by atoms with Crippen molar-refractivity contribution in [2.75, 3.05) is 25.1 Å². The second kappa shape index (κ2) is 15.6. The first kappa shape index (κ1) is 35.0. The zero-order valence-corrected chi connectivity index (χ0v) is 28.6. The number of carbonyl (C=O) groups excluding carboxylic acids is 2. The Morgan fingerprint density at radius 1 is 0.766 bits per heavy atom. The van der Waals surface area contributed by atoms with Gasteiger partial charge in [-0.2, -0.15) is 0 Å². The molecule has 0 saturated heterocycles. The molecular formula is C37H43N3O6S. The van der Waals surface area contributed by atoms with Crippen LogP contribution in [0.4, 0.5) is 5.69 Å². The minimum absolute atomic E-state index is 0.0224. The van der Waals surface area contributed by atoms with E-state index in [0.717, 1.165) is 26.6 Å². The fourth-order valence-electron chi connectivity index (χ4n) is 5.17. The zero-order chi connectivity index (χ0) is 34.1. The van der Waals surface area contributed by atoms with Crippen LogP contribution in [0.2, 0.25) is 0 Å². The van der Waals surface area contributed by atoms with Crippen molar-refractivity contribution in [3.8, 4) is 11.5 Å². The molecule has 0 bridgehead atoms. The van der Waals surface area contributed by atoms with Crippen molar-refractivity contribution >= 4 is 27.5 Å². The van der Waals surface area contributed by atoms with Crippen LogP contribution < -0.4 is 19.1 Å². The van der Waals surface area contributed by atoms with Crippen LogP contribution in [-0.2, 0) is 32.6 Å². The Morgan fingerprint density at radius 3 is 1.94 bits per heavy atom. The molecule has 47 heavy (non-hydrogen) atoms. The fourth-order valence-corrected chi connectivity index (χ4v) is 6.58. The molecule has 0 saturated carbocycles. The van der Waals surface area contributed by atoms with Crippen LogP contribution in [0.1, 0.15) is 36.1 Å². The van der Waals surface area contributed by atoms with Gasteiger partial charge >= 0.3 is 0 Å². The van der Waals surface area contributed by atoms with Crippen molar-refractivity contribution < 1.29 is 27.5 Å². The Kier molecular flexibility index (Phi) is 11.7. The molecule has 0 aromatic heterocycles. The summed E-state index contributed by atoms with van der Waals surface area (Å²) < 4.78 is 40.5. The molecule has 0 spiro atoms. The van der Waals surface area contributed by atoms with Crippen molar-refractivity contribution in [2.24, 2.45) is 0 Å². The average Bonchev–Trinajstić information content (AvgIpc) is 3.05. The first-order chi connectivity index (χ1) is 22.4. The van der Waals surface area contributed by atoms with Crippen LogP contribution >= 0.6 is 0 Å². The Hall–Kier alpha value is -4.83. The van der Waals surface area contributed by atoms with Gasteiger partial charge < -0.3 is 19.7 Å². The number of carbonyl (C=O) groups is 2. The number of anilines is 1. The van der Waals surface area contributed by atoms with E-state index >= 15 is 0 Å². The van der Waals surface area contributed by atoms with Gasteiger partial charge in [-0.1, -0.05) is 77.9 Å². The van der Waals surface area contributed by atoms with Gasteiger partial charge in [-0.05, 0) is 63.1 Å². The fraction of sp³-hybridized carbons (Fsp3) is 0.297. The maximum Gasteiger partial charge on any atom is 0.264 e. The van der Waals surface area contributed by atoms with Gasteiger partial charge in [0.1, 0.15) is 12.6 Å². The predicted molar refractivity (Wildman–Crippen MR) is 184 cm³/mol. The molecule has 0 aliphatic heterocycles. The Morgan fingerprint density at radius 2 is 1.36 bits per heavy atom. The molecule has 0 fully saturated rings. The van der Waals surface area contributed by atoms with E-state index in [4.69, 9.17) is 9.47 Å². The van der Waals surface area contributed by atoms with E-state index in [2.05, 4.69) is 5.32 Å². The van der Waals surface area contributed by atoms with Crippen molar-refractivity contribution in [1.82, 2.24) is 10.2 Å². The van der Waals surface area contributed by atoms with E-state index in [9.17, 15) is 18.0 Å². The molecule has 2 amide bonds. The second-order valence-corrected chi connectivity index (χ2v) is 13.6. The van der Waals surface area contributed by atoms with Crippen LogP contribution in [0, 0.1) is 13.8 Å². The van der Waals surface area contributed by atoms with Gasteiger partial charge in [0.25, 0.3) is 10.0 Å². The molecule has 4 aromatic carbocycles. The SMILES string of the molecule is COc1ccc(N(CC(=O)N(Cc2ccc(C)cc2)[C@H](Cc2ccccc2)C(=O)NC(C)C)S(=O)(=O)c2ccc(C)cc2)cc1OC. The lowest BCUT2D eigenvalue weighted by Crippen LogP contribution is -2.54. The molecule has 0 aliphatic carbocycles. The van der Waals surface area contributed by atoms with Crippen LogP contribution in [0.25, 0.3) is 0 Å². The summed E-state index contributed by atoms with van der Waals surface area (Å²) in [4.78, 5) is 30.0. The molecule has 0 heterocycles. The van der Waals surface area contributed by atoms with Crippen LogP contribution in [0.5, 0.6) is 11.5 Å². The Bertz CT molecular complexity index is 1760. The number of hydrogen-bond acceptors (Lipinski definition) is 6. The van der Waals surface area contributed by atoms with Gasteiger partial charge in [0.2, 0.25) is 11.8 Å². The molecule has 0 aliphatic rings. The number of ether oxygens (including phenoxy) is 2. The summed E-state index contributed by atoms with van der Waals surface area (Å²) in [6.45, 7) is 7.07. The van der Waals surface area contributed by atoms with Gasteiger partial charge in [-0.15, -0.1) is 0 Å². The lowest BCUT2D eigenvalue weighted by Gasteiger charge is -2.34. The minimum atomic E-state index is -4.26. The number of hydrogen-bond donors (Lipinski definition) is 1. The second-order valence-electron chi connectivity index (χ2n) is 11.7. The number of rotatable bonds is 14.